The first-order chi connectivity index (χ1) is 12.5. The number of nitrogens with zero attached hydrogens (tertiary/aromatic N) is 2. The molecule has 138 valence electrons. The van der Waals surface area contributed by atoms with Gasteiger partial charge < -0.3 is 0 Å². The van der Waals surface area contributed by atoms with E-state index in [9.17, 15) is 13.2 Å². The van der Waals surface area contributed by atoms with Crippen LogP contribution in [0.2, 0.25) is 0 Å². The molecule has 1 aromatic heterocycles. The number of rotatable bonds is 5. The second-order valence-electron chi connectivity index (χ2n) is 6.14. The second-order valence-corrected chi connectivity index (χ2v) is 9.40. The first-order valence-electron chi connectivity index (χ1n) is 8.47. The highest BCUT2D eigenvalue weighted by Gasteiger charge is 2.26. The van der Waals surface area contributed by atoms with E-state index in [0.29, 0.717) is 13.1 Å². The number of amides is 1. The van der Waals surface area contributed by atoms with Crippen LogP contribution in [0.3, 0.4) is 0 Å². The maximum atomic E-state index is 12.7. The monoisotopic (exact) mass is 391 g/mol. The predicted molar refractivity (Wildman–Crippen MR) is 103 cm³/mol. The van der Waals surface area contributed by atoms with Crippen LogP contribution in [0.1, 0.15) is 39.4 Å². The Morgan fingerprint density at radius 1 is 1.19 bits per heavy atom. The van der Waals surface area contributed by atoms with Gasteiger partial charge in [0.25, 0.3) is 5.91 Å². The lowest BCUT2D eigenvalue weighted by Crippen LogP contribution is -2.35. The van der Waals surface area contributed by atoms with Crippen molar-refractivity contribution in [2.45, 2.75) is 31.1 Å². The first-order valence-corrected chi connectivity index (χ1v) is 10.7. The minimum atomic E-state index is -3.56. The number of sulfonamides is 1. The maximum absolute atomic E-state index is 12.7. The lowest BCUT2D eigenvalue weighted by atomic mass is 10.2. The van der Waals surface area contributed by atoms with Gasteiger partial charge in [-0.05, 0) is 50.1 Å². The van der Waals surface area contributed by atoms with Crippen molar-refractivity contribution in [2.24, 2.45) is 5.10 Å². The second kappa shape index (κ2) is 8.11. The molecule has 0 atom stereocenters. The fourth-order valence-corrected chi connectivity index (χ4v) is 5.11. The zero-order valence-corrected chi connectivity index (χ0v) is 16.1. The van der Waals surface area contributed by atoms with E-state index in [1.54, 1.807) is 29.7 Å². The third kappa shape index (κ3) is 4.38. The van der Waals surface area contributed by atoms with Gasteiger partial charge in [0.1, 0.15) is 0 Å². The van der Waals surface area contributed by atoms with Crippen molar-refractivity contribution in [3.8, 4) is 0 Å². The predicted octanol–water partition coefficient (Wildman–Crippen LogP) is 3.00. The van der Waals surface area contributed by atoms with Gasteiger partial charge in [0.05, 0.1) is 11.1 Å². The van der Waals surface area contributed by atoms with Crippen LogP contribution >= 0.6 is 11.3 Å². The lowest BCUT2D eigenvalue weighted by Gasteiger charge is -2.25. The van der Waals surface area contributed by atoms with Crippen LogP contribution in [-0.4, -0.2) is 37.9 Å². The molecule has 1 N–H and O–H groups in total. The van der Waals surface area contributed by atoms with Crippen LogP contribution in [0.25, 0.3) is 0 Å². The molecule has 0 saturated carbocycles. The van der Waals surface area contributed by atoms with Crippen LogP contribution in [0.5, 0.6) is 0 Å². The van der Waals surface area contributed by atoms with Gasteiger partial charge in [-0.2, -0.15) is 9.41 Å². The summed E-state index contributed by atoms with van der Waals surface area (Å²) in [7, 11) is -3.56. The summed E-state index contributed by atoms with van der Waals surface area (Å²) in [4.78, 5) is 14.5. The summed E-state index contributed by atoms with van der Waals surface area (Å²) in [6, 6.07) is 9.99. The fourth-order valence-electron chi connectivity index (χ4n) is 2.79. The Balaban J connectivity index is 1.71. The normalized spacial score (nSPS) is 16.0. The molecular weight excluding hydrogens is 370 g/mol. The Hall–Kier alpha value is -2.03. The van der Waals surface area contributed by atoms with Gasteiger partial charge in [0.2, 0.25) is 10.0 Å². The van der Waals surface area contributed by atoms with E-state index in [4.69, 9.17) is 0 Å². The zero-order valence-electron chi connectivity index (χ0n) is 14.5. The van der Waals surface area contributed by atoms with Crippen LogP contribution in [0.4, 0.5) is 0 Å². The number of benzene rings is 1. The standard InChI is InChI=1S/C18H21N3O3S2/c1-14-8-9-16(25-14)13-19-20-18(22)15-6-5-7-17(12-15)26(23,24)21-10-3-2-4-11-21/h5-9,12-13H,2-4,10-11H2,1H3,(H,20,22)/b19-13-. The molecule has 6 nitrogen and oxygen atoms in total. The molecule has 1 amide bonds. The molecule has 3 rings (SSSR count). The van der Waals surface area contributed by atoms with E-state index >= 15 is 0 Å². The smallest absolute Gasteiger partial charge is 0.267 e. The highest BCUT2D eigenvalue weighted by molar-refractivity contribution is 7.89. The molecule has 1 saturated heterocycles. The summed E-state index contributed by atoms with van der Waals surface area (Å²) in [6.45, 7) is 3.06. The minimum Gasteiger partial charge on any atom is -0.267 e. The van der Waals surface area contributed by atoms with E-state index in [0.717, 1.165) is 29.0 Å². The summed E-state index contributed by atoms with van der Waals surface area (Å²) in [5.74, 6) is -0.440. The largest absolute Gasteiger partial charge is 0.271 e. The van der Waals surface area contributed by atoms with Crippen molar-refractivity contribution >= 4 is 33.5 Å². The van der Waals surface area contributed by atoms with E-state index in [1.807, 2.05) is 19.1 Å². The number of piperidine rings is 1. The van der Waals surface area contributed by atoms with Gasteiger partial charge in [-0.25, -0.2) is 13.8 Å². The third-order valence-electron chi connectivity index (χ3n) is 4.17. The van der Waals surface area contributed by atoms with E-state index in [1.165, 1.54) is 16.4 Å². The quantitative estimate of drug-likeness (QED) is 0.629. The van der Waals surface area contributed by atoms with E-state index < -0.39 is 15.9 Å². The Morgan fingerprint density at radius 3 is 2.65 bits per heavy atom. The fraction of sp³-hybridized carbons (Fsp3) is 0.333. The van der Waals surface area contributed by atoms with Gasteiger partial charge >= 0.3 is 0 Å². The van der Waals surface area contributed by atoms with Crippen molar-refractivity contribution in [1.82, 2.24) is 9.73 Å². The first kappa shape index (κ1) is 18.8. The molecule has 1 aromatic carbocycles. The summed E-state index contributed by atoms with van der Waals surface area (Å²) >= 11 is 1.57. The van der Waals surface area contributed by atoms with Gasteiger partial charge in [-0.15, -0.1) is 11.3 Å². The molecule has 0 bridgehead atoms. The molecule has 0 spiro atoms. The van der Waals surface area contributed by atoms with Gasteiger partial charge in [-0.1, -0.05) is 12.5 Å². The van der Waals surface area contributed by atoms with Crippen LogP contribution in [0.15, 0.2) is 46.4 Å². The van der Waals surface area contributed by atoms with Crippen molar-refractivity contribution < 1.29 is 13.2 Å². The molecule has 2 aromatic rings. The summed E-state index contributed by atoms with van der Waals surface area (Å²) < 4.78 is 26.9. The zero-order chi connectivity index (χ0) is 18.6. The summed E-state index contributed by atoms with van der Waals surface area (Å²) in [6.07, 6.45) is 4.37. The molecule has 0 radical (unpaired) electrons. The molecule has 8 heteroatoms. The summed E-state index contributed by atoms with van der Waals surface area (Å²) in [5.41, 5.74) is 2.71. The highest BCUT2D eigenvalue weighted by Crippen LogP contribution is 2.21. The Morgan fingerprint density at radius 2 is 1.96 bits per heavy atom. The van der Waals surface area contributed by atoms with Gasteiger partial charge in [0.15, 0.2) is 0 Å². The molecule has 0 unspecified atom stereocenters. The molecular formula is C18H21N3O3S2. The van der Waals surface area contributed by atoms with E-state index in [2.05, 4.69) is 10.5 Å². The number of hydrazone groups is 1. The topological polar surface area (TPSA) is 78.8 Å². The Bertz CT molecular complexity index is 913. The number of nitrogens with one attached hydrogen (secondary N) is 1. The lowest BCUT2D eigenvalue weighted by molar-refractivity contribution is 0.0955. The highest BCUT2D eigenvalue weighted by atomic mass is 32.2. The van der Waals surface area contributed by atoms with Crippen LogP contribution < -0.4 is 5.43 Å². The molecule has 1 fully saturated rings. The number of aryl methyl sites for hydroxylation is 1. The molecule has 0 aliphatic carbocycles. The van der Waals surface area contributed by atoms with Crippen molar-refractivity contribution in [1.29, 1.82) is 0 Å². The molecule has 2 heterocycles. The SMILES string of the molecule is Cc1ccc(/C=N\NC(=O)c2cccc(S(=O)(=O)N3CCCCC3)c2)s1. The average molecular weight is 392 g/mol. The number of hydrogen-bond acceptors (Lipinski definition) is 5. The number of thiophene rings is 1. The van der Waals surface area contributed by atoms with Crippen molar-refractivity contribution in [2.75, 3.05) is 13.1 Å². The third-order valence-corrected chi connectivity index (χ3v) is 7.00. The molecule has 1 aliphatic heterocycles. The maximum Gasteiger partial charge on any atom is 0.271 e. The molecule has 26 heavy (non-hydrogen) atoms. The minimum absolute atomic E-state index is 0.143. The van der Waals surface area contributed by atoms with Gasteiger partial charge in [0, 0.05) is 28.4 Å². The van der Waals surface area contributed by atoms with E-state index in [-0.39, 0.29) is 10.5 Å². The van der Waals surface area contributed by atoms with Crippen LogP contribution in [-0.2, 0) is 10.0 Å². The van der Waals surface area contributed by atoms with Crippen molar-refractivity contribution in [3.05, 3.63) is 51.7 Å². The number of hydrogen-bond donors (Lipinski definition) is 1. The van der Waals surface area contributed by atoms with Gasteiger partial charge in [-0.3, -0.25) is 4.79 Å². The van der Waals surface area contributed by atoms with Crippen LogP contribution in [0, 0.1) is 6.92 Å². The van der Waals surface area contributed by atoms with Crippen molar-refractivity contribution in [3.63, 3.8) is 0 Å². The molecule has 1 aliphatic rings. The number of carbonyl (C=O) groups excluding carboxylic acids is 1. The number of carbonyl (C=O) groups is 1. The summed E-state index contributed by atoms with van der Waals surface area (Å²) in [5, 5.41) is 3.94. The Kier molecular flexibility index (Phi) is 5.85. The average Bonchev–Trinajstić information content (AvgIpc) is 3.07. The Labute approximate surface area is 157 Å².